The second-order valence-electron chi connectivity index (χ2n) is 6.41. The lowest BCUT2D eigenvalue weighted by atomic mass is 9.94. The number of aliphatic hydroxyl groups is 4. The van der Waals surface area contributed by atoms with E-state index in [9.17, 15) is 30.0 Å². The first-order valence-corrected chi connectivity index (χ1v) is 9.24. The van der Waals surface area contributed by atoms with Crippen LogP contribution < -0.4 is 0 Å². The molecule has 2 rings (SSSR count). The Kier molecular flexibility index (Phi) is 8.12. The molecule has 2 aromatic rings. The second kappa shape index (κ2) is 10.1. The molecule has 4 atom stereocenters. The van der Waals surface area contributed by atoms with Gasteiger partial charge in [-0.1, -0.05) is 47.5 Å². The highest BCUT2D eigenvalue weighted by atomic mass is 35.5. The number of aliphatic hydroxyl groups excluding tert-OH is 4. The van der Waals surface area contributed by atoms with Gasteiger partial charge in [0, 0.05) is 22.9 Å². The van der Waals surface area contributed by atoms with Crippen molar-refractivity contribution in [1.29, 1.82) is 0 Å². The fourth-order valence-corrected chi connectivity index (χ4v) is 2.84. The SMILES string of the molecule is O=C(C(=O)[C@H](O)C(O)Cc1ccc(Cl)cc1)[C@@H](O)C(O)Cc1ccc(Cl)cc1. The average Bonchev–Trinajstić information content (AvgIpc) is 2.69. The third-order valence-corrected chi connectivity index (χ3v) is 4.73. The van der Waals surface area contributed by atoms with Gasteiger partial charge in [0.25, 0.3) is 0 Å². The molecule has 150 valence electrons. The van der Waals surface area contributed by atoms with Crippen LogP contribution in [-0.2, 0) is 22.4 Å². The van der Waals surface area contributed by atoms with Crippen molar-refractivity contribution in [2.75, 3.05) is 0 Å². The number of ketones is 2. The molecule has 0 aliphatic rings. The Morgan fingerprint density at radius 1 is 0.643 bits per heavy atom. The Morgan fingerprint density at radius 3 is 1.21 bits per heavy atom. The van der Waals surface area contributed by atoms with Gasteiger partial charge in [-0.3, -0.25) is 9.59 Å². The standard InChI is InChI=1S/C20H20Cl2O6/c21-13-5-1-11(2-6-13)9-15(23)17(25)19(27)20(28)18(26)16(24)10-12-3-7-14(22)8-4-12/h1-8,15-18,23-26H,9-10H2/t15?,16?,17-,18+. The Balaban J connectivity index is 1.95. The summed E-state index contributed by atoms with van der Waals surface area (Å²) in [4.78, 5) is 24.2. The monoisotopic (exact) mass is 426 g/mol. The summed E-state index contributed by atoms with van der Waals surface area (Å²) in [5.41, 5.74) is 1.19. The summed E-state index contributed by atoms with van der Waals surface area (Å²) in [6, 6.07) is 12.8. The topological polar surface area (TPSA) is 115 Å². The number of benzene rings is 2. The van der Waals surface area contributed by atoms with E-state index in [-0.39, 0.29) is 12.8 Å². The summed E-state index contributed by atoms with van der Waals surface area (Å²) < 4.78 is 0. The van der Waals surface area contributed by atoms with Crippen molar-refractivity contribution >= 4 is 34.8 Å². The zero-order valence-corrected chi connectivity index (χ0v) is 16.2. The minimum Gasteiger partial charge on any atom is -0.390 e. The van der Waals surface area contributed by atoms with Gasteiger partial charge in [-0.15, -0.1) is 0 Å². The van der Waals surface area contributed by atoms with Gasteiger partial charge in [-0.05, 0) is 35.4 Å². The van der Waals surface area contributed by atoms with Gasteiger partial charge in [-0.25, -0.2) is 0 Å². The number of carbonyl (C=O) groups is 2. The van der Waals surface area contributed by atoms with Crippen molar-refractivity contribution in [3.63, 3.8) is 0 Å². The number of halogens is 2. The smallest absolute Gasteiger partial charge is 0.232 e. The molecule has 0 bridgehead atoms. The van der Waals surface area contributed by atoms with Crippen LogP contribution in [0.1, 0.15) is 11.1 Å². The van der Waals surface area contributed by atoms with Gasteiger partial charge in [0.05, 0.1) is 12.2 Å². The van der Waals surface area contributed by atoms with Crippen molar-refractivity contribution in [3.8, 4) is 0 Å². The predicted octanol–water partition coefficient (Wildman–Crippen LogP) is 1.36. The molecule has 0 aromatic heterocycles. The highest BCUT2D eigenvalue weighted by molar-refractivity contribution is 6.40. The van der Waals surface area contributed by atoms with Gasteiger partial charge in [0.1, 0.15) is 12.2 Å². The molecule has 2 unspecified atom stereocenters. The maximum atomic E-state index is 12.1. The molecule has 4 N–H and O–H groups in total. The van der Waals surface area contributed by atoms with Crippen molar-refractivity contribution < 1.29 is 30.0 Å². The van der Waals surface area contributed by atoms with Gasteiger partial charge in [0.2, 0.25) is 11.6 Å². The van der Waals surface area contributed by atoms with Crippen molar-refractivity contribution in [2.24, 2.45) is 0 Å². The van der Waals surface area contributed by atoms with E-state index < -0.39 is 36.0 Å². The molecule has 28 heavy (non-hydrogen) atoms. The lowest BCUT2D eigenvalue weighted by Gasteiger charge is -2.20. The Labute approximate surface area is 172 Å². The number of hydrogen-bond acceptors (Lipinski definition) is 6. The van der Waals surface area contributed by atoms with Crippen LogP contribution in [0.15, 0.2) is 48.5 Å². The van der Waals surface area contributed by atoms with Crippen molar-refractivity contribution in [1.82, 2.24) is 0 Å². The van der Waals surface area contributed by atoms with Gasteiger partial charge in [-0.2, -0.15) is 0 Å². The fraction of sp³-hybridized carbons (Fsp3) is 0.300. The summed E-state index contributed by atoms with van der Waals surface area (Å²) in [7, 11) is 0. The molecule has 6 nitrogen and oxygen atoms in total. The van der Waals surface area contributed by atoms with Crippen LogP contribution >= 0.6 is 23.2 Å². The van der Waals surface area contributed by atoms with E-state index in [4.69, 9.17) is 23.2 Å². The van der Waals surface area contributed by atoms with E-state index in [1.54, 1.807) is 48.5 Å². The zero-order valence-electron chi connectivity index (χ0n) is 14.7. The van der Waals surface area contributed by atoms with Crippen LogP contribution in [-0.4, -0.2) is 56.4 Å². The summed E-state index contributed by atoms with van der Waals surface area (Å²) in [6.07, 6.45) is -7.36. The largest absolute Gasteiger partial charge is 0.390 e. The lowest BCUT2D eigenvalue weighted by Crippen LogP contribution is -2.47. The van der Waals surface area contributed by atoms with Gasteiger partial charge >= 0.3 is 0 Å². The molecular weight excluding hydrogens is 407 g/mol. The molecule has 0 saturated carbocycles. The number of hydrogen-bond donors (Lipinski definition) is 4. The fourth-order valence-electron chi connectivity index (χ4n) is 2.59. The molecule has 0 radical (unpaired) electrons. The molecule has 0 aliphatic carbocycles. The molecular formula is C20H20Cl2O6. The highest BCUT2D eigenvalue weighted by Crippen LogP contribution is 2.15. The number of Topliss-reactive ketones (excluding diaryl/α,β-unsaturated/α-hetero) is 2. The van der Waals surface area contributed by atoms with Crippen LogP contribution in [0.5, 0.6) is 0 Å². The molecule has 8 heteroatoms. The highest BCUT2D eigenvalue weighted by Gasteiger charge is 2.36. The first-order chi connectivity index (χ1) is 13.2. The molecule has 0 saturated heterocycles. The zero-order chi connectivity index (χ0) is 20.8. The average molecular weight is 427 g/mol. The summed E-state index contributed by atoms with van der Waals surface area (Å²) in [6.45, 7) is 0. The van der Waals surface area contributed by atoms with Crippen LogP contribution in [0, 0.1) is 0 Å². The molecule has 0 heterocycles. The van der Waals surface area contributed by atoms with Crippen LogP contribution in [0.4, 0.5) is 0 Å². The van der Waals surface area contributed by atoms with E-state index in [1.807, 2.05) is 0 Å². The van der Waals surface area contributed by atoms with Crippen LogP contribution in [0.2, 0.25) is 10.0 Å². The maximum Gasteiger partial charge on any atom is 0.232 e. The van der Waals surface area contributed by atoms with E-state index in [0.29, 0.717) is 21.2 Å². The maximum absolute atomic E-state index is 12.1. The summed E-state index contributed by atoms with van der Waals surface area (Å²) in [5.74, 6) is -2.74. The predicted molar refractivity (Wildman–Crippen MR) is 104 cm³/mol. The Bertz CT molecular complexity index is 737. The first kappa shape index (κ1) is 22.5. The van der Waals surface area contributed by atoms with E-state index in [1.165, 1.54) is 0 Å². The molecule has 0 amide bonds. The Morgan fingerprint density at radius 2 is 0.929 bits per heavy atom. The van der Waals surface area contributed by atoms with Crippen LogP contribution in [0.25, 0.3) is 0 Å². The number of rotatable bonds is 9. The van der Waals surface area contributed by atoms with E-state index in [0.717, 1.165) is 0 Å². The molecule has 0 aliphatic heterocycles. The van der Waals surface area contributed by atoms with Crippen molar-refractivity contribution in [2.45, 2.75) is 37.3 Å². The van der Waals surface area contributed by atoms with Crippen LogP contribution in [0.3, 0.4) is 0 Å². The normalized spacial score (nSPS) is 15.5. The van der Waals surface area contributed by atoms with Crippen molar-refractivity contribution in [3.05, 3.63) is 69.7 Å². The molecule has 0 fully saturated rings. The lowest BCUT2D eigenvalue weighted by molar-refractivity contribution is -0.152. The minimum atomic E-state index is -2.03. The third kappa shape index (κ3) is 6.10. The third-order valence-electron chi connectivity index (χ3n) is 4.23. The Hall–Kier alpha value is -1.80. The molecule has 0 spiro atoms. The molecule has 2 aromatic carbocycles. The number of carbonyl (C=O) groups excluding carboxylic acids is 2. The first-order valence-electron chi connectivity index (χ1n) is 8.48. The summed E-state index contributed by atoms with van der Waals surface area (Å²) >= 11 is 11.5. The van der Waals surface area contributed by atoms with E-state index >= 15 is 0 Å². The van der Waals surface area contributed by atoms with Gasteiger partial charge in [0.15, 0.2) is 0 Å². The van der Waals surface area contributed by atoms with E-state index in [2.05, 4.69) is 0 Å². The van der Waals surface area contributed by atoms with Gasteiger partial charge < -0.3 is 20.4 Å². The quantitative estimate of drug-likeness (QED) is 0.450. The minimum absolute atomic E-state index is 0.0964. The summed E-state index contributed by atoms with van der Waals surface area (Å²) in [5, 5.41) is 41.0. The second-order valence-corrected chi connectivity index (χ2v) is 7.29.